The van der Waals surface area contributed by atoms with Crippen LogP contribution in [0.1, 0.15) is 11.1 Å². The van der Waals surface area contributed by atoms with Gasteiger partial charge in [-0.3, -0.25) is 10.1 Å². The van der Waals surface area contributed by atoms with Crippen molar-refractivity contribution in [3.63, 3.8) is 0 Å². The lowest BCUT2D eigenvalue weighted by Gasteiger charge is -2.13. The van der Waals surface area contributed by atoms with Crippen LogP contribution in [-0.2, 0) is 11.4 Å². The van der Waals surface area contributed by atoms with Gasteiger partial charge in [0.15, 0.2) is 11.7 Å². The van der Waals surface area contributed by atoms with Crippen molar-refractivity contribution in [2.24, 2.45) is 0 Å². The van der Waals surface area contributed by atoms with Crippen molar-refractivity contribution in [1.82, 2.24) is 5.32 Å². The number of halogens is 2. The fourth-order valence-electron chi connectivity index (χ4n) is 2.08. The Morgan fingerprint density at radius 2 is 2.04 bits per heavy atom. The first kappa shape index (κ1) is 19.8. The fraction of sp³-hybridized carbons (Fsp3) is 0.176. The Kier molecular flexibility index (Phi) is 7.37. The molecule has 25 heavy (non-hydrogen) atoms. The molecule has 0 atom stereocenters. The van der Waals surface area contributed by atoms with Crippen LogP contribution in [-0.4, -0.2) is 22.7 Å². The van der Waals surface area contributed by atoms with Crippen molar-refractivity contribution in [3.8, 4) is 5.75 Å². The van der Waals surface area contributed by atoms with Gasteiger partial charge in [0.2, 0.25) is 0 Å². The summed E-state index contributed by atoms with van der Waals surface area (Å²) in [6.45, 7) is 1.66. The second-order valence-electron chi connectivity index (χ2n) is 5.18. The van der Waals surface area contributed by atoms with Crippen molar-refractivity contribution < 1.29 is 14.6 Å². The number of ether oxygens (including phenoxy) is 1. The predicted octanol–water partition coefficient (Wildman–Crippen LogP) is 3.90. The molecule has 0 aliphatic carbocycles. The van der Waals surface area contributed by atoms with Gasteiger partial charge in [0, 0.05) is 10.2 Å². The van der Waals surface area contributed by atoms with E-state index in [1.165, 1.54) is 0 Å². The van der Waals surface area contributed by atoms with Gasteiger partial charge in [0.1, 0.15) is 5.75 Å². The minimum atomic E-state index is -0.370. The molecule has 0 aromatic heterocycles. The van der Waals surface area contributed by atoms with Gasteiger partial charge in [0.05, 0.1) is 11.1 Å². The molecule has 0 heterocycles. The summed E-state index contributed by atoms with van der Waals surface area (Å²) in [5, 5.41) is 14.7. The highest BCUT2D eigenvalue weighted by Gasteiger charge is 2.11. The smallest absolute Gasteiger partial charge is 0.264 e. The molecule has 2 rings (SSSR count). The van der Waals surface area contributed by atoms with E-state index >= 15 is 0 Å². The second kappa shape index (κ2) is 9.28. The molecular formula is C17H16Br2N2O3S. The van der Waals surface area contributed by atoms with Crippen LogP contribution in [0, 0.1) is 6.92 Å². The summed E-state index contributed by atoms with van der Waals surface area (Å²) in [5.41, 5.74) is 2.33. The molecule has 0 unspecified atom stereocenters. The van der Waals surface area contributed by atoms with Crippen LogP contribution in [0.4, 0.5) is 5.69 Å². The second-order valence-corrected chi connectivity index (χ2v) is 7.36. The number of carbonyl (C=O) groups is 1. The minimum Gasteiger partial charge on any atom is -0.482 e. The van der Waals surface area contributed by atoms with Gasteiger partial charge in [-0.25, -0.2) is 0 Å². The van der Waals surface area contributed by atoms with E-state index in [0.29, 0.717) is 11.4 Å². The Morgan fingerprint density at radius 3 is 2.72 bits per heavy atom. The summed E-state index contributed by atoms with van der Waals surface area (Å²) < 4.78 is 7.25. The standard InChI is InChI=1S/C17H16Br2N2O3S/c1-10-5-12(18)7-14(19)16(10)24-9-15(23)21-17(25)20-13-4-2-3-11(6-13)8-22/h2-7,22H,8-9H2,1H3,(H2,20,21,23,25). The Bertz CT molecular complexity index is 776. The third-order valence-electron chi connectivity index (χ3n) is 3.16. The molecule has 0 spiro atoms. The Balaban J connectivity index is 1.88. The third kappa shape index (κ3) is 6.07. The van der Waals surface area contributed by atoms with E-state index in [1.807, 2.05) is 19.1 Å². The highest BCUT2D eigenvalue weighted by atomic mass is 79.9. The topological polar surface area (TPSA) is 70.6 Å². The molecule has 5 nitrogen and oxygen atoms in total. The van der Waals surface area contributed by atoms with Crippen LogP contribution in [0.5, 0.6) is 5.75 Å². The number of anilines is 1. The summed E-state index contributed by atoms with van der Waals surface area (Å²) in [7, 11) is 0. The number of thiocarbonyl (C=S) groups is 1. The number of hydrogen-bond acceptors (Lipinski definition) is 4. The molecule has 0 fully saturated rings. The number of carbonyl (C=O) groups excluding carboxylic acids is 1. The quantitative estimate of drug-likeness (QED) is 0.558. The zero-order chi connectivity index (χ0) is 18.4. The fourth-order valence-corrected chi connectivity index (χ4v) is 3.87. The van der Waals surface area contributed by atoms with Crippen molar-refractivity contribution in [2.75, 3.05) is 11.9 Å². The molecule has 2 aromatic rings. The molecule has 1 amide bonds. The van der Waals surface area contributed by atoms with Crippen molar-refractivity contribution >= 4 is 60.8 Å². The first-order valence-corrected chi connectivity index (χ1v) is 9.27. The largest absolute Gasteiger partial charge is 0.482 e. The van der Waals surface area contributed by atoms with Crippen molar-refractivity contribution in [3.05, 3.63) is 56.5 Å². The maximum absolute atomic E-state index is 12.0. The molecule has 3 N–H and O–H groups in total. The Labute approximate surface area is 168 Å². The van der Waals surface area contributed by atoms with E-state index in [0.717, 1.165) is 20.1 Å². The van der Waals surface area contributed by atoms with Crippen LogP contribution in [0.3, 0.4) is 0 Å². The normalized spacial score (nSPS) is 10.2. The molecule has 0 aliphatic rings. The maximum Gasteiger partial charge on any atom is 0.264 e. The Hall–Kier alpha value is -1.48. The van der Waals surface area contributed by atoms with E-state index in [9.17, 15) is 4.79 Å². The van der Waals surface area contributed by atoms with Gasteiger partial charge in [0.25, 0.3) is 5.91 Å². The number of aryl methyl sites for hydroxylation is 1. The summed E-state index contributed by atoms with van der Waals surface area (Å²) in [4.78, 5) is 12.0. The van der Waals surface area contributed by atoms with Gasteiger partial charge in [-0.1, -0.05) is 28.1 Å². The van der Waals surface area contributed by atoms with Gasteiger partial charge < -0.3 is 15.2 Å². The first-order valence-electron chi connectivity index (χ1n) is 7.28. The van der Waals surface area contributed by atoms with E-state index < -0.39 is 0 Å². The number of nitrogens with one attached hydrogen (secondary N) is 2. The van der Waals surface area contributed by atoms with Gasteiger partial charge in [-0.2, -0.15) is 0 Å². The molecule has 0 radical (unpaired) electrons. The van der Waals surface area contributed by atoms with E-state index in [-0.39, 0.29) is 24.2 Å². The predicted molar refractivity (Wildman–Crippen MR) is 109 cm³/mol. The lowest BCUT2D eigenvalue weighted by atomic mass is 10.2. The van der Waals surface area contributed by atoms with Gasteiger partial charge in [-0.05, 0) is 70.5 Å². The highest BCUT2D eigenvalue weighted by Crippen LogP contribution is 2.32. The van der Waals surface area contributed by atoms with E-state index in [1.54, 1.807) is 24.3 Å². The molecule has 132 valence electrons. The number of amides is 1. The Morgan fingerprint density at radius 1 is 1.28 bits per heavy atom. The lowest BCUT2D eigenvalue weighted by molar-refractivity contribution is -0.121. The summed E-state index contributed by atoms with van der Waals surface area (Å²) in [5.74, 6) is 0.234. The van der Waals surface area contributed by atoms with Crippen LogP contribution in [0.2, 0.25) is 0 Å². The molecule has 8 heteroatoms. The molecular weight excluding hydrogens is 472 g/mol. The van der Waals surface area contributed by atoms with Crippen LogP contribution in [0.25, 0.3) is 0 Å². The third-order valence-corrected chi connectivity index (χ3v) is 4.41. The average Bonchev–Trinajstić information content (AvgIpc) is 2.53. The van der Waals surface area contributed by atoms with Crippen LogP contribution >= 0.6 is 44.1 Å². The maximum atomic E-state index is 12.0. The van der Waals surface area contributed by atoms with E-state index in [2.05, 4.69) is 42.5 Å². The molecule has 0 bridgehead atoms. The zero-order valence-corrected chi connectivity index (χ0v) is 17.3. The number of benzene rings is 2. The van der Waals surface area contributed by atoms with Gasteiger partial charge >= 0.3 is 0 Å². The van der Waals surface area contributed by atoms with Crippen molar-refractivity contribution in [1.29, 1.82) is 0 Å². The van der Waals surface area contributed by atoms with Crippen LogP contribution < -0.4 is 15.4 Å². The average molecular weight is 488 g/mol. The monoisotopic (exact) mass is 486 g/mol. The van der Waals surface area contributed by atoms with Gasteiger partial charge in [-0.15, -0.1) is 0 Å². The number of aliphatic hydroxyl groups is 1. The first-order chi connectivity index (χ1) is 11.9. The summed E-state index contributed by atoms with van der Waals surface area (Å²) in [6, 6.07) is 10.9. The minimum absolute atomic E-state index is 0.0656. The highest BCUT2D eigenvalue weighted by molar-refractivity contribution is 9.11. The lowest BCUT2D eigenvalue weighted by Crippen LogP contribution is -2.37. The van der Waals surface area contributed by atoms with Crippen LogP contribution in [0.15, 0.2) is 45.3 Å². The summed E-state index contributed by atoms with van der Waals surface area (Å²) >= 11 is 11.9. The number of rotatable bonds is 5. The number of hydrogen-bond donors (Lipinski definition) is 3. The molecule has 0 aliphatic heterocycles. The molecule has 0 saturated heterocycles. The van der Waals surface area contributed by atoms with Crippen molar-refractivity contribution in [2.45, 2.75) is 13.5 Å². The summed E-state index contributed by atoms with van der Waals surface area (Å²) in [6.07, 6.45) is 0. The SMILES string of the molecule is Cc1cc(Br)cc(Br)c1OCC(=O)NC(=S)Nc1cccc(CO)c1. The molecule has 0 saturated carbocycles. The molecule has 2 aromatic carbocycles. The number of aliphatic hydroxyl groups excluding tert-OH is 1. The zero-order valence-electron chi connectivity index (χ0n) is 13.3. The van der Waals surface area contributed by atoms with E-state index in [4.69, 9.17) is 22.1 Å².